The van der Waals surface area contributed by atoms with Gasteiger partial charge in [0.1, 0.15) is 6.04 Å². The molecule has 0 radical (unpaired) electrons. The number of nitrogens with one attached hydrogen (secondary N) is 1. The van der Waals surface area contributed by atoms with Crippen molar-refractivity contribution in [1.29, 1.82) is 0 Å². The number of carboxylic acids is 1. The largest absolute Gasteiger partial charge is 0.480 e. The molecule has 0 amide bonds. The third-order valence-electron chi connectivity index (χ3n) is 2.83. The van der Waals surface area contributed by atoms with Crippen LogP contribution in [0.25, 0.3) is 0 Å². The molecule has 1 aliphatic carbocycles. The third-order valence-corrected chi connectivity index (χ3v) is 3.73. The number of rotatable bonds is 5. The minimum absolute atomic E-state index is 0.00301. The van der Waals surface area contributed by atoms with Gasteiger partial charge < -0.3 is 10.4 Å². The predicted octanol–water partition coefficient (Wildman–Crippen LogP) is 2.47. The normalized spacial score (nSPS) is 16.1. The van der Waals surface area contributed by atoms with Gasteiger partial charge in [-0.3, -0.25) is 10.1 Å². The monoisotopic (exact) mass is 362 g/mol. The van der Waals surface area contributed by atoms with E-state index in [1.807, 2.05) is 22.6 Å². The molecule has 1 unspecified atom stereocenters. The minimum atomic E-state index is -0.883. The highest BCUT2D eigenvalue weighted by Gasteiger charge is 2.36. The van der Waals surface area contributed by atoms with Crippen LogP contribution in [0.15, 0.2) is 18.2 Å². The van der Waals surface area contributed by atoms with Crippen molar-refractivity contribution in [3.8, 4) is 0 Å². The van der Waals surface area contributed by atoms with Crippen LogP contribution in [0.4, 0.5) is 11.4 Å². The van der Waals surface area contributed by atoms with E-state index in [4.69, 9.17) is 5.11 Å². The molecule has 0 aliphatic heterocycles. The molecule has 0 bridgehead atoms. The fourth-order valence-electron chi connectivity index (χ4n) is 1.71. The first-order chi connectivity index (χ1) is 8.49. The Kier molecular flexibility index (Phi) is 3.69. The maximum absolute atomic E-state index is 11.1. The molecule has 1 aliphatic rings. The standard InChI is InChI=1S/C11H11IN2O4/c12-8-5-7(14(17)18)3-4-9(8)13-10(11(15)16)6-1-2-6/h3-6,10,13H,1-2H2,(H,15,16). The summed E-state index contributed by atoms with van der Waals surface area (Å²) in [5, 5.41) is 22.7. The Hall–Kier alpha value is -1.38. The van der Waals surface area contributed by atoms with Gasteiger partial charge in [0.2, 0.25) is 0 Å². The highest BCUT2D eigenvalue weighted by atomic mass is 127. The summed E-state index contributed by atoms with van der Waals surface area (Å²) in [4.78, 5) is 21.2. The van der Waals surface area contributed by atoms with Crippen LogP contribution in [0.1, 0.15) is 12.8 Å². The summed E-state index contributed by atoms with van der Waals surface area (Å²) in [6, 6.07) is 3.74. The predicted molar refractivity (Wildman–Crippen MR) is 73.6 cm³/mol. The molecule has 96 valence electrons. The first kappa shape index (κ1) is 13.1. The fourth-order valence-corrected chi connectivity index (χ4v) is 2.37. The molecule has 1 aromatic rings. The van der Waals surface area contributed by atoms with Gasteiger partial charge >= 0.3 is 5.97 Å². The van der Waals surface area contributed by atoms with Gasteiger partial charge in [-0.05, 0) is 47.4 Å². The minimum Gasteiger partial charge on any atom is -0.480 e. The van der Waals surface area contributed by atoms with E-state index in [1.165, 1.54) is 12.1 Å². The second-order valence-corrected chi connectivity index (χ2v) is 5.38. The SMILES string of the molecule is O=C(O)C(Nc1ccc([N+](=O)[O-])cc1I)C1CC1. The van der Waals surface area contributed by atoms with Crippen LogP contribution in [-0.2, 0) is 4.79 Å². The van der Waals surface area contributed by atoms with Crippen molar-refractivity contribution in [2.45, 2.75) is 18.9 Å². The number of nitro benzene ring substituents is 1. The van der Waals surface area contributed by atoms with Crippen LogP contribution in [0.2, 0.25) is 0 Å². The van der Waals surface area contributed by atoms with Crippen LogP contribution in [-0.4, -0.2) is 22.0 Å². The molecule has 0 aromatic heterocycles. The molecule has 0 spiro atoms. The van der Waals surface area contributed by atoms with Crippen molar-refractivity contribution >= 4 is 39.9 Å². The second-order valence-electron chi connectivity index (χ2n) is 4.22. The Balaban J connectivity index is 2.18. The molecule has 1 atom stereocenters. The number of hydrogen-bond acceptors (Lipinski definition) is 4. The molecule has 0 saturated heterocycles. The van der Waals surface area contributed by atoms with E-state index in [9.17, 15) is 14.9 Å². The lowest BCUT2D eigenvalue weighted by Crippen LogP contribution is -2.31. The van der Waals surface area contributed by atoms with E-state index >= 15 is 0 Å². The van der Waals surface area contributed by atoms with Crippen LogP contribution in [0.5, 0.6) is 0 Å². The molecule has 2 rings (SSSR count). The van der Waals surface area contributed by atoms with Crippen molar-refractivity contribution in [2.75, 3.05) is 5.32 Å². The maximum Gasteiger partial charge on any atom is 0.326 e. The van der Waals surface area contributed by atoms with Crippen molar-refractivity contribution < 1.29 is 14.8 Å². The zero-order chi connectivity index (χ0) is 13.3. The van der Waals surface area contributed by atoms with Crippen molar-refractivity contribution in [2.24, 2.45) is 5.92 Å². The number of nitro groups is 1. The van der Waals surface area contributed by atoms with E-state index < -0.39 is 16.9 Å². The number of carboxylic acid groups (broad SMARTS) is 1. The first-order valence-electron chi connectivity index (χ1n) is 5.42. The average Bonchev–Trinajstić information content (AvgIpc) is 3.10. The third kappa shape index (κ3) is 2.89. The summed E-state index contributed by atoms with van der Waals surface area (Å²) in [5.74, 6) is -0.722. The van der Waals surface area contributed by atoms with Crippen molar-refractivity contribution in [1.82, 2.24) is 0 Å². The van der Waals surface area contributed by atoms with Gasteiger partial charge in [0, 0.05) is 21.4 Å². The topological polar surface area (TPSA) is 92.5 Å². The van der Waals surface area contributed by atoms with Crippen LogP contribution < -0.4 is 5.32 Å². The maximum atomic E-state index is 11.1. The lowest BCUT2D eigenvalue weighted by molar-refractivity contribution is -0.384. The van der Waals surface area contributed by atoms with E-state index in [2.05, 4.69) is 5.32 Å². The van der Waals surface area contributed by atoms with Crippen LogP contribution in [0, 0.1) is 19.6 Å². The number of hydrogen-bond donors (Lipinski definition) is 2. The quantitative estimate of drug-likeness (QED) is 0.477. The van der Waals surface area contributed by atoms with Gasteiger partial charge in [-0.2, -0.15) is 0 Å². The molecule has 1 saturated carbocycles. The summed E-state index contributed by atoms with van der Waals surface area (Å²) in [5.41, 5.74) is 0.628. The van der Waals surface area contributed by atoms with E-state index in [0.29, 0.717) is 9.26 Å². The Bertz CT molecular complexity index is 502. The number of benzene rings is 1. The smallest absolute Gasteiger partial charge is 0.326 e. The number of halogens is 1. The second kappa shape index (κ2) is 5.09. The molecule has 0 heterocycles. The fraction of sp³-hybridized carbons (Fsp3) is 0.364. The zero-order valence-corrected chi connectivity index (χ0v) is 11.5. The van der Waals surface area contributed by atoms with Crippen LogP contribution in [0.3, 0.4) is 0 Å². The first-order valence-corrected chi connectivity index (χ1v) is 6.50. The molecule has 2 N–H and O–H groups in total. The summed E-state index contributed by atoms with van der Waals surface area (Å²) >= 11 is 1.96. The summed E-state index contributed by atoms with van der Waals surface area (Å²) in [6.45, 7) is 0. The van der Waals surface area contributed by atoms with E-state index in [1.54, 1.807) is 6.07 Å². The van der Waals surface area contributed by atoms with Gasteiger partial charge in [0.25, 0.3) is 5.69 Å². The van der Waals surface area contributed by atoms with Gasteiger partial charge in [0.05, 0.1) is 4.92 Å². The molecule has 1 aromatic carbocycles. The highest BCUT2D eigenvalue weighted by molar-refractivity contribution is 14.1. The number of nitrogens with zero attached hydrogens (tertiary/aromatic N) is 1. The summed E-state index contributed by atoms with van der Waals surface area (Å²) < 4.78 is 0.647. The van der Waals surface area contributed by atoms with Gasteiger partial charge in [0.15, 0.2) is 0 Å². The van der Waals surface area contributed by atoms with E-state index in [-0.39, 0.29) is 11.6 Å². The Labute approximate surface area is 117 Å². The Morgan fingerprint density at radius 3 is 2.67 bits per heavy atom. The van der Waals surface area contributed by atoms with Crippen LogP contribution >= 0.6 is 22.6 Å². The van der Waals surface area contributed by atoms with Crippen molar-refractivity contribution in [3.63, 3.8) is 0 Å². The summed E-state index contributed by atoms with van der Waals surface area (Å²) in [6.07, 6.45) is 1.82. The van der Waals surface area contributed by atoms with Gasteiger partial charge in [-0.25, -0.2) is 4.79 Å². The Morgan fingerprint density at radius 2 is 2.22 bits per heavy atom. The molecular weight excluding hydrogens is 351 g/mol. The number of non-ortho nitro benzene ring substituents is 1. The Morgan fingerprint density at radius 1 is 1.56 bits per heavy atom. The summed E-state index contributed by atoms with van der Waals surface area (Å²) in [7, 11) is 0. The lowest BCUT2D eigenvalue weighted by Gasteiger charge is -2.15. The average molecular weight is 362 g/mol. The number of carbonyl (C=O) groups is 1. The molecule has 1 fully saturated rings. The van der Waals surface area contributed by atoms with Crippen molar-refractivity contribution in [3.05, 3.63) is 31.9 Å². The van der Waals surface area contributed by atoms with E-state index in [0.717, 1.165) is 12.8 Å². The van der Waals surface area contributed by atoms with Gasteiger partial charge in [-0.1, -0.05) is 0 Å². The number of anilines is 1. The molecule has 6 nitrogen and oxygen atoms in total. The molecule has 7 heteroatoms. The van der Waals surface area contributed by atoms with Gasteiger partial charge in [-0.15, -0.1) is 0 Å². The highest BCUT2D eigenvalue weighted by Crippen LogP contribution is 2.35. The number of aliphatic carboxylic acids is 1. The zero-order valence-electron chi connectivity index (χ0n) is 9.30. The molecular formula is C11H11IN2O4. The lowest BCUT2D eigenvalue weighted by atomic mass is 10.1. The molecule has 18 heavy (non-hydrogen) atoms.